The van der Waals surface area contributed by atoms with Crippen molar-refractivity contribution in [3.63, 3.8) is 0 Å². The van der Waals surface area contributed by atoms with Gasteiger partial charge in [0.15, 0.2) is 0 Å². The highest BCUT2D eigenvalue weighted by Crippen LogP contribution is 2.35. The molecule has 1 aliphatic heterocycles. The summed E-state index contributed by atoms with van der Waals surface area (Å²) in [5.74, 6) is 0.382. The number of nitrogens with zero attached hydrogens (tertiary/aromatic N) is 4. The molecule has 1 aromatic rings. The lowest BCUT2D eigenvalue weighted by atomic mass is 10.2. The highest BCUT2D eigenvalue weighted by molar-refractivity contribution is 6.28. The van der Waals surface area contributed by atoms with Crippen molar-refractivity contribution in [3.05, 3.63) is 15.4 Å². The lowest BCUT2D eigenvalue weighted by molar-refractivity contribution is -0.383. The summed E-state index contributed by atoms with van der Waals surface area (Å²) in [5.41, 5.74) is -0.148. The molecule has 8 nitrogen and oxygen atoms in total. The van der Waals surface area contributed by atoms with Crippen LogP contribution >= 0.6 is 11.6 Å². The minimum atomic E-state index is -0.480. The van der Waals surface area contributed by atoms with Gasteiger partial charge in [-0.05, 0) is 25.4 Å². The van der Waals surface area contributed by atoms with E-state index in [0.29, 0.717) is 26.3 Å². The number of hydrogen-bond acceptors (Lipinski definition) is 7. The molecule has 1 fully saturated rings. The van der Waals surface area contributed by atoms with Crippen LogP contribution in [0.1, 0.15) is 13.8 Å². The molecule has 2 rings (SSSR count). The van der Waals surface area contributed by atoms with Gasteiger partial charge in [-0.2, -0.15) is 9.97 Å². The topological polar surface area (TPSA) is 93.4 Å². The van der Waals surface area contributed by atoms with Crippen LogP contribution in [0.25, 0.3) is 0 Å². The molecule has 1 aliphatic rings. The predicted octanol–water partition coefficient (Wildman–Crippen LogP) is 1.70. The first-order chi connectivity index (χ1) is 9.54. The molecule has 0 bridgehead atoms. The summed E-state index contributed by atoms with van der Waals surface area (Å²) in [4.78, 5) is 20.7. The molecule has 0 radical (unpaired) electrons. The van der Waals surface area contributed by atoms with Crippen LogP contribution in [0.15, 0.2) is 0 Å². The Hall–Kier alpha value is -1.67. The number of morpholine rings is 1. The van der Waals surface area contributed by atoms with Crippen molar-refractivity contribution in [3.8, 4) is 0 Å². The Morgan fingerprint density at radius 2 is 2.35 bits per heavy atom. The number of rotatable bonds is 4. The van der Waals surface area contributed by atoms with Crippen LogP contribution in [0.5, 0.6) is 0 Å². The van der Waals surface area contributed by atoms with Crippen LogP contribution in [0, 0.1) is 10.1 Å². The van der Waals surface area contributed by atoms with Crippen LogP contribution < -0.4 is 10.2 Å². The fraction of sp³-hybridized carbons (Fsp3) is 0.636. The van der Waals surface area contributed by atoms with Gasteiger partial charge in [-0.25, -0.2) is 0 Å². The summed E-state index contributed by atoms with van der Waals surface area (Å²) in [6, 6.07) is -0.0112. The maximum absolute atomic E-state index is 11.4. The van der Waals surface area contributed by atoms with Gasteiger partial charge in [0.2, 0.25) is 16.9 Å². The Kier molecular flexibility index (Phi) is 4.56. The lowest BCUT2D eigenvalue weighted by Crippen LogP contribution is -2.44. The van der Waals surface area contributed by atoms with E-state index in [4.69, 9.17) is 16.3 Å². The van der Waals surface area contributed by atoms with Crippen LogP contribution in [0.2, 0.25) is 5.28 Å². The zero-order valence-electron chi connectivity index (χ0n) is 11.3. The second-order valence-corrected chi connectivity index (χ2v) is 4.76. The van der Waals surface area contributed by atoms with E-state index >= 15 is 0 Å². The Balaban J connectivity index is 2.52. The van der Waals surface area contributed by atoms with Gasteiger partial charge in [0.05, 0.1) is 24.2 Å². The van der Waals surface area contributed by atoms with Crippen molar-refractivity contribution in [2.24, 2.45) is 0 Å². The van der Waals surface area contributed by atoms with Gasteiger partial charge < -0.3 is 15.0 Å². The number of nitro groups is 1. The molecule has 0 spiro atoms. The third-order valence-electron chi connectivity index (χ3n) is 3.00. The van der Waals surface area contributed by atoms with Gasteiger partial charge in [0.25, 0.3) is 0 Å². The minimum absolute atomic E-state index is 0.0112. The summed E-state index contributed by atoms with van der Waals surface area (Å²) >= 11 is 5.89. The van der Waals surface area contributed by atoms with E-state index in [1.165, 1.54) is 0 Å². The van der Waals surface area contributed by atoms with Crippen molar-refractivity contribution < 1.29 is 9.66 Å². The predicted molar refractivity (Wildman–Crippen MR) is 75.5 cm³/mol. The highest BCUT2D eigenvalue weighted by atomic mass is 35.5. The first kappa shape index (κ1) is 14.7. The second-order valence-electron chi connectivity index (χ2n) is 4.42. The maximum Gasteiger partial charge on any atom is 0.353 e. The van der Waals surface area contributed by atoms with Crippen LogP contribution in [0.3, 0.4) is 0 Å². The highest BCUT2D eigenvalue weighted by Gasteiger charge is 2.31. The number of nitrogens with one attached hydrogen (secondary N) is 1. The van der Waals surface area contributed by atoms with E-state index < -0.39 is 4.92 Å². The first-order valence-corrected chi connectivity index (χ1v) is 6.72. The fourth-order valence-electron chi connectivity index (χ4n) is 2.12. The SMILES string of the molecule is CCNc1nc(Cl)nc(N2CCOCC2C)c1[N+](=O)[O-]. The Labute approximate surface area is 121 Å². The van der Waals surface area contributed by atoms with Crippen molar-refractivity contribution >= 4 is 28.9 Å². The Bertz CT molecular complexity index is 513. The Morgan fingerprint density at radius 1 is 1.60 bits per heavy atom. The van der Waals surface area contributed by atoms with Crippen molar-refractivity contribution in [2.45, 2.75) is 19.9 Å². The van der Waals surface area contributed by atoms with Crippen molar-refractivity contribution in [1.82, 2.24) is 9.97 Å². The van der Waals surface area contributed by atoms with Crippen LogP contribution in [-0.4, -0.2) is 47.2 Å². The molecule has 2 heterocycles. The average Bonchev–Trinajstić information content (AvgIpc) is 2.38. The molecule has 9 heteroatoms. The molecular weight excluding hydrogens is 286 g/mol. The molecule has 1 aromatic heterocycles. The summed E-state index contributed by atoms with van der Waals surface area (Å²) in [5, 5.41) is 14.2. The van der Waals surface area contributed by atoms with E-state index in [9.17, 15) is 10.1 Å². The zero-order chi connectivity index (χ0) is 14.7. The van der Waals surface area contributed by atoms with E-state index in [-0.39, 0.29) is 28.6 Å². The molecule has 0 amide bonds. The van der Waals surface area contributed by atoms with E-state index in [2.05, 4.69) is 15.3 Å². The van der Waals surface area contributed by atoms with Crippen LogP contribution in [-0.2, 0) is 4.74 Å². The number of ether oxygens (including phenoxy) is 1. The number of anilines is 2. The van der Waals surface area contributed by atoms with E-state index in [1.54, 1.807) is 0 Å². The first-order valence-electron chi connectivity index (χ1n) is 6.34. The van der Waals surface area contributed by atoms with Gasteiger partial charge in [-0.3, -0.25) is 10.1 Å². The quantitative estimate of drug-likeness (QED) is 0.514. The zero-order valence-corrected chi connectivity index (χ0v) is 12.1. The molecular formula is C11H16ClN5O3. The summed E-state index contributed by atoms with van der Waals surface area (Å²) in [7, 11) is 0. The largest absolute Gasteiger partial charge is 0.377 e. The molecule has 1 N–H and O–H groups in total. The molecule has 0 aliphatic carbocycles. The third kappa shape index (κ3) is 2.91. The van der Waals surface area contributed by atoms with Gasteiger partial charge in [0.1, 0.15) is 0 Å². The van der Waals surface area contributed by atoms with Gasteiger partial charge >= 0.3 is 5.69 Å². The van der Waals surface area contributed by atoms with Crippen LogP contribution in [0.4, 0.5) is 17.3 Å². The molecule has 1 atom stereocenters. The monoisotopic (exact) mass is 301 g/mol. The van der Waals surface area contributed by atoms with E-state index in [0.717, 1.165) is 0 Å². The standard InChI is InChI=1S/C11H16ClN5O3/c1-3-13-9-8(17(18)19)10(15-11(12)14-9)16-4-5-20-6-7(16)2/h7H,3-6H2,1-2H3,(H,13,14,15). The molecule has 110 valence electrons. The van der Waals surface area contributed by atoms with E-state index in [1.807, 2.05) is 18.7 Å². The molecule has 20 heavy (non-hydrogen) atoms. The third-order valence-corrected chi connectivity index (χ3v) is 3.17. The smallest absolute Gasteiger partial charge is 0.353 e. The lowest BCUT2D eigenvalue weighted by Gasteiger charge is -2.33. The number of hydrogen-bond donors (Lipinski definition) is 1. The van der Waals surface area contributed by atoms with Gasteiger partial charge in [-0.1, -0.05) is 0 Å². The number of halogens is 1. The minimum Gasteiger partial charge on any atom is -0.377 e. The number of aromatic nitrogens is 2. The summed E-state index contributed by atoms with van der Waals surface area (Å²) < 4.78 is 5.34. The average molecular weight is 302 g/mol. The maximum atomic E-state index is 11.4. The summed E-state index contributed by atoms with van der Waals surface area (Å²) in [6.07, 6.45) is 0. The molecule has 0 aromatic carbocycles. The molecule has 1 unspecified atom stereocenters. The van der Waals surface area contributed by atoms with Crippen molar-refractivity contribution in [2.75, 3.05) is 36.5 Å². The second kappa shape index (κ2) is 6.19. The van der Waals surface area contributed by atoms with Gasteiger partial charge in [-0.15, -0.1) is 0 Å². The van der Waals surface area contributed by atoms with Gasteiger partial charge in [0, 0.05) is 13.1 Å². The normalized spacial score (nSPS) is 18.9. The molecule has 0 saturated carbocycles. The van der Waals surface area contributed by atoms with Crippen molar-refractivity contribution in [1.29, 1.82) is 0 Å². The summed E-state index contributed by atoms with van der Waals surface area (Å²) in [6.45, 7) is 5.78. The fourth-order valence-corrected chi connectivity index (χ4v) is 2.28. The Morgan fingerprint density at radius 3 is 2.95 bits per heavy atom. The molecule has 1 saturated heterocycles.